The summed E-state index contributed by atoms with van der Waals surface area (Å²) in [6, 6.07) is 8.13. The Bertz CT molecular complexity index is 416. The maximum atomic E-state index is 9.00. The van der Waals surface area contributed by atoms with Crippen LogP contribution in [0.1, 0.15) is 33.3 Å². The van der Waals surface area contributed by atoms with Crippen molar-refractivity contribution in [3.05, 3.63) is 23.8 Å². The van der Waals surface area contributed by atoms with Crippen molar-refractivity contribution in [1.82, 2.24) is 0 Å². The smallest absolute Gasteiger partial charge is 0.101 e. The number of benzene rings is 1. The number of rotatable bonds is 4. The van der Waals surface area contributed by atoms with Gasteiger partial charge in [0.1, 0.15) is 6.07 Å². The third kappa shape index (κ3) is 3.13. The molecule has 0 saturated heterocycles. The molecule has 0 aliphatic rings. The zero-order valence-electron chi connectivity index (χ0n) is 11.1. The highest BCUT2D eigenvalue weighted by molar-refractivity contribution is 5.74. The number of nitrogens with two attached hydrogens (primary N) is 1. The summed E-state index contributed by atoms with van der Waals surface area (Å²) < 4.78 is 0. The Hall–Kier alpha value is -1.69. The molecule has 3 heteroatoms. The third-order valence-electron chi connectivity index (χ3n) is 2.70. The van der Waals surface area contributed by atoms with Gasteiger partial charge in [-0.2, -0.15) is 5.26 Å². The van der Waals surface area contributed by atoms with E-state index >= 15 is 0 Å². The summed E-state index contributed by atoms with van der Waals surface area (Å²) in [7, 11) is 0. The van der Waals surface area contributed by atoms with Gasteiger partial charge in [0.05, 0.1) is 16.9 Å². The number of nitrogens with zero attached hydrogens (tertiary/aromatic N) is 2. The van der Waals surface area contributed by atoms with Crippen LogP contribution in [0.2, 0.25) is 0 Å². The summed E-state index contributed by atoms with van der Waals surface area (Å²) in [6.07, 6.45) is 0. The number of hydrogen-bond acceptors (Lipinski definition) is 3. The molecule has 1 rings (SSSR count). The van der Waals surface area contributed by atoms with Crippen LogP contribution in [-0.2, 0) is 0 Å². The summed E-state index contributed by atoms with van der Waals surface area (Å²) in [4.78, 5) is 2.25. The molecule has 17 heavy (non-hydrogen) atoms. The van der Waals surface area contributed by atoms with Gasteiger partial charge in [0.15, 0.2) is 0 Å². The first kappa shape index (κ1) is 13.4. The molecule has 92 valence electrons. The van der Waals surface area contributed by atoms with Crippen molar-refractivity contribution in [3.8, 4) is 6.07 Å². The van der Waals surface area contributed by atoms with Crippen molar-refractivity contribution >= 4 is 11.4 Å². The number of para-hydroxylation sites is 1. The number of hydrogen-bond donors (Lipinski definition) is 1. The lowest BCUT2D eigenvalue weighted by Gasteiger charge is -2.32. The highest BCUT2D eigenvalue weighted by Crippen LogP contribution is 2.28. The van der Waals surface area contributed by atoms with Gasteiger partial charge in [-0.25, -0.2) is 0 Å². The Morgan fingerprint density at radius 3 is 2.41 bits per heavy atom. The Morgan fingerprint density at radius 2 is 1.94 bits per heavy atom. The van der Waals surface area contributed by atoms with Gasteiger partial charge in [0, 0.05) is 12.6 Å². The first-order chi connectivity index (χ1) is 7.97. The standard InChI is InChI=1S/C14H21N3/c1-10(2)9-17(11(3)4)13-7-5-6-12(8-15)14(13)16/h5-7,10-11H,9,16H2,1-4H3. The molecule has 0 fully saturated rings. The summed E-state index contributed by atoms with van der Waals surface area (Å²) in [5.41, 5.74) is 8.15. The molecule has 0 aliphatic carbocycles. The molecule has 2 N–H and O–H groups in total. The highest BCUT2D eigenvalue weighted by Gasteiger charge is 2.16. The molecule has 3 nitrogen and oxygen atoms in total. The summed E-state index contributed by atoms with van der Waals surface area (Å²) in [5.74, 6) is 0.558. The van der Waals surface area contributed by atoms with Crippen LogP contribution in [0.3, 0.4) is 0 Å². The molecule has 0 saturated carbocycles. The lowest BCUT2D eigenvalue weighted by Crippen LogP contribution is -2.34. The molecular formula is C14H21N3. The average molecular weight is 231 g/mol. The first-order valence-electron chi connectivity index (χ1n) is 6.02. The van der Waals surface area contributed by atoms with Gasteiger partial charge in [-0.3, -0.25) is 0 Å². The maximum Gasteiger partial charge on any atom is 0.101 e. The van der Waals surface area contributed by atoms with E-state index in [0.29, 0.717) is 23.2 Å². The van der Waals surface area contributed by atoms with Crippen LogP contribution in [0.15, 0.2) is 18.2 Å². The fraction of sp³-hybridized carbons (Fsp3) is 0.500. The minimum absolute atomic E-state index is 0.369. The van der Waals surface area contributed by atoms with E-state index in [1.807, 2.05) is 12.1 Å². The van der Waals surface area contributed by atoms with Crippen LogP contribution in [0.5, 0.6) is 0 Å². The van der Waals surface area contributed by atoms with E-state index in [1.54, 1.807) is 6.07 Å². The normalized spacial score (nSPS) is 10.6. The predicted molar refractivity (Wildman–Crippen MR) is 72.9 cm³/mol. The van der Waals surface area contributed by atoms with Gasteiger partial charge in [0.2, 0.25) is 0 Å². The molecule has 0 amide bonds. The molecule has 0 heterocycles. The lowest BCUT2D eigenvalue weighted by atomic mass is 10.1. The highest BCUT2D eigenvalue weighted by atomic mass is 15.2. The molecule has 0 bridgehead atoms. The van der Waals surface area contributed by atoms with Gasteiger partial charge in [-0.1, -0.05) is 19.9 Å². The second kappa shape index (κ2) is 5.58. The van der Waals surface area contributed by atoms with E-state index in [-0.39, 0.29) is 0 Å². The molecule has 0 unspecified atom stereocenters. The zero-order chi connectivity index (χ0) is 13.0. The molecule has 1 aromatic carbocycles. The van der Waals surface area contributed by atoms with E-state index in [2.05, 4.69) is 38.7 Å². The van der Waals surface area contributed by atoms with Crippen molar-refractivity contribution in [2.75, 3.05) is 17.2 Å². The van der Waals surface area contributed by atoms with Crippen LogP contribution in [0.25, 0.3) is 0 Å². The minimum Gasteiger partial charge on any atom is -0.396 e. The van der Waals surface area contributed by atoms with Crippen LogP contribution < -0.4 is 10.6 Å². The average Bonchev–Trinajstić information content (AvgIpc) is 2.26. The van der Waals surface area contributed by atoms with Gasteiger partial charge in [-0.05, 0) is 31.9 Å². The quantitative estimate of drug-likeness (QED) is 0.810. The van der Waals surface area contributed by atoms with E-state index in [1.165, 1.54) is 0 Å². The Kier molecular flexibility index (Phi) is 4.39. The third-order valence-corrected chi connectivity index (χ3v) is 2.70. The van der Waals surface area contributed by atoms with Crippen LogP contribution >= 0.6 is 0 Å². The van der Waals surface area contributed by atoms with Crippen molar-refractivity contribution < 1.29 is 0 Å². The van der Waals surface area contributed by atoms with E-state index < -0.39 is 0 Å². The number of nitriles is 1. The number of anilines is 2. The van der Waals surface area contributed by atoms with Gasteiger partial charge < -0.3 is 10.6 Å². The topological polar surface area (TPSA) is 53.0 Å². The van der Waals surface area contributed by atoms with Gasteiger partial charge >= 0.3 is 0 Å². The Labute approximate surface area is 104 Å². The van der Waals surface area contributed by atoms with Crippen molar-refractivity contribution in [1.29, 1.82) is 5.26 Å². The second-order valence-electron chi connectivity index (χ2n) is 4.99. The van der Waals surface area contributed by atoms with E-state index in [0.717, 1.165) is 12.2 Å². The molecule has 0 spiro atoms. The maximum absolute atomic E-state index is 9.00. The summed E-state index contributed by atoms with van der Waals surface area (Å²) in [5, 5.41) is 9.00. The van der Waals surface area contributed by atoms with Crippen LogP contribution in [-0.4, -0.2) is 12.6 Å². The van der Waals surface area contributed by atoms with Gasteiger partial charge in [-0.15, -0.1) is 0 Å². The SMILES string of the molecule is CC(C)CN(c1cccc(C#N)c1N)C(C)C. The second-order valence-corrected chi connectivity index (χ2v) is 4.99. The van der Waals surface area contributed by atoms with Crippen LogP contribution in [0, 0.1) is 17.2 Å². The van der Waals surface area contributed by atoms with Crippen molar-refractivity contribution in [2.45, 2.75) is 33.7 Å². The molecule has 0 radical (unpaired) electrons. The fourth-order valence-corrected chi connectivity index (χ4v) is 1.88. The summed E-state index contributed by atoms with van der Waals surface area (Å²) >= 11 is 0. The monoisotopic (exact) mass is 231 g/mol. The predicted octanol–water partition coefficient (Wildman–Crippen LogP) is 3.01. The van der Waals surface area contributed by atoms with Gasteiger partial charge in [0.25, 0.3) is 0 Å². The number of nitrogen functional groups attached to an aromatic ring is 1. The lowest BCUT2D eigenvalue weighted by molar-refractivity contribution is 0.571. The summed E-state index contributed by atoms with van der Waals surface area (Å²) in [6.45, 7) is 9.58. The molecule has 0 aliphatic heterocycles. The molecule has 0 aromatic heterocycles. The van der Waals surface area contributed by atoms with Crippen LogP contribution in [0.4, 0.5) is 11.4 Å². The van der Waals surface area contributed by atoms with E-state index in [9.17, 15) is 0 Å². The Morgan fingerprint density at radius 1 is 1.29 bits per heavy atom. The van der Waals surface area contributed by atoms with E-state index in [4.69, 9.17) is 11.0 Å². The first-order valence-corrected chi connectivity index (χ1v) is 6.02. The Balaban J connectivity index is 3.15. The van der Waals surface area contributed by atoms with Crippen molar-refractivity contribution in [2.24, 2.45) is 5.92 Å². The fourth-order valence-electron chi connectivity index (χ4n) is 1.88. The molecule has 0 atom stereocenters. The largest absolute Gasteiger partial charge is 0.396 e. The van der Waals surface area contributed by atoms with Crippen molar-refractivity contribution in [3.63, 3.8) is 0 Å². The zero-order valence-corrected chi connectivity index (χ0v) is 11.1. The molecular weight excluding hydrogens is 210 g/mol. The minimum atomic E-state index is 0.369. The molecule has 1 aromatic rings.